The maximum atomic E-state index is 12.5. The molecule has 11 heavy (non-hydrogen) atoms. The van der Waals surface area contributed by atoms with Gasteiger partial charge >= 0.3 is 0 Å². The molecule has 64 valence electrons. The highest BCUT2D eigenvalue weighted by Crippen LogP contribution is 2.44. The molecule has 0 spiro atoms. The monoisotopic (exact) mass is 157 g/mol. The minimum Gasteiger partial charge on any atom is -0.300 e. The molecule has 3 atom stereocenters. The van der Waals surface area contributed by atoms with Crippen LogP contribution < -0.4 is 0 Å². The van der Waals surface area contributed by atoms with E-state index in [2.05, 4.69) is 4.90 Å². The summed E-state index contributed by atoms with van der Waals surface area (Å²) >= 11 is 0. The first kappa shape index (κ1) is 7.53. The van der Waals surface area contributed by atoms with Crippen LogP contribution in [0.5, 0.6) is 0 Å². The van der Waals surface area contributed by atoms with Crippen LogP contribution in [-0.4, -0.2) is 30.2 Å². The summed E-state index contributed by atoms with van der Waals surface area (Å²) in [4.78, 5) is 2.46. The summed E-state index contributed by atoms with van der Waals surface area (Å²) in [6.07, 6.45) is 2.86. The van der Waals surface area contributed by atoms with Crippen molar-refractivity contribution in [3.05, 3.63) is 0 Å². The first-order valence-electron chi connectivity index (χ1n) is 4.65. The molecule has 1 saturated heterocycles. The third kappa shape index (κ3) is 1.56. The third-order valence-corrected chi connectivity index (χ3v) is 2.96. The standard InChI is InChI=1S/C9H16FN/c1-7(10)2-4-11-5-3-8-6-9(8)11/h7-9H,2-6H2,1H3. The summed E-state index contributed by atoms with van der Waals surface area (Å²) in [6, 6.07) is 0.855. The first-order valence-corrected chi connectivity index (χ1v) is 4.65. The van der Waals surface area contributed by atoms with Crippen molar-refractivity contribution >= 4 is 0 Å². The summed E-state index contributed by atoms with van der Waals surface area (Å²) < 4.78 is 12.5. The number of alkyl halides is 1. The molecule has 2 aliphatic rings. The number of likely N-dealkylation sites (tertiary alicyclic amines) is 1. The molecule has 0 amide bonds. The van der Waals surface area contributed by atoms with Crippen LogP contribution >= 0.6 is 0 Å². The van der Waals surface area contributed by atoms with Crippen LogP contribution in [0, 0.1) is 5.92 Å². The summed E-state index contributed by atoms with van der Waals surface area (Å²) in [5.41, 5.74) is 0. The fraction of sp³-hybridized carbons (Fsp3) is 1.00. The van der Waals surface area contributed by atoms with Gasteiger partial charge < -0.3 is 0 Å². The molecule has 0 aromatic heterocycles. The van der Waals surface area contributed by atoms with Gasteiger partial charge in [0.25, 0.3) is 0 Å². The quantitative estimate of drug-likeness (QED) is 0.604. The van der Waals surface area contributed by atoms with E-state index < -0.39 is 6.17 Å². The number of piperidine rings is 1. The zero-order valence-electron chi connectivity index (χ0n) is 7.09. The lowest BCUT2D eigenvalue weighted by atomic mass is 10.3. The molecular weight excluding hydrogens is 141 g/mol. The lowest BCUT2D eigenvalue weighted by molar-refractivity contribution is 0.246. The van der Waals surface area contributed by atoms with E-state index in [1.807, 2.05) is 0 Å². The zero-order valence-corrected chi connectivity index (χ0v) is 7.09. The van der Waals surface area contributed by atoms with Gasteiger partial charge in [-0.2, -0.15) is 0 Å². The molecule has 1 saturated carbocycles. The van der Waals surface area contributed by atoms with Gasteiger partial charge in [0.05, 0.1) is 6.17 Å². The van der Waals surface area contributed by atoms with Crippen molar-refractivity contribution in [2.24, 2.45) is 5.92 Å². The molecule has 2 heteroatoms. The van der Waals surface area contributed by atoms with E-state index in [1.165, 1.54) is 19.4 Å². The molecule has 1 aliphatic carbocycles. The maximum absolute atomic E-state index is 12.5. The Bertz CT molecular complexity index is 146. The van der Waals surface area contributed by atoms with E-state index in [0.29, 0.717) is 0 Å². The summed E-state index contributed by atoms with van der Waals surface area (Å²) in [5.74, 6) is 0.991. The Balaban J connectivity index is 1.70. The Morgan fingerprint density at radius 1 is 1.64 bits per heavy atom. The average molecular weight is 157 g/mol. The predicted molar refractivity (Wildman–Crippen MR) is 43.3 cm³/mol. The molecule has 0 aromatic carbocycles. The van der Waals surface area contributed by atoms with Crippen molar-refractivity contribution in [1.82, 2.24) is 4.90 Å². The molecule has 0 bridgehead atoms. The topological polar surface area (TPSA) is 3.24 Å². The minimum atomic E-state index is -0.618. The summed E-state index contributed by atoms with van der Waals surface area (Å²) in [7, 11) is 0. The van der Waals surface area contributed by atoms with E-state index >= 15 is 0 Å². The van der Waals surface area contributed by atoms with Gasteiger partial charge in [0.1, 0.15) is 0 Å². The number of hydrogen-bond acceptors (Lipinski definition) is 1. The van der Waals surface area contributed by atoms with Gasteiger partial charge in [-0.3, -0.25) is 4.90 Å². The SMILES string of the molecule is CC(F)CCN1CCC2CC21. The molecule has 1 heterocycles. The van der Waals surface area contributed by atoms with Gasteiger partial charge in [-0.1, -0.05) is 0 Å². The lowest BCUT2D eigenvalue weighted by Crippen LogP contribution is -2.25. The second-order valence-corrected chi connectivity index (χ2v) is 3.96. The van der Waals surface area contributed by atoms with E-state index in [4.69, 9.17) is 0 Å². The van der Waals surface area contributed by atoms with E-state index in [1.54, 1.807) is 6.92 Å². The van der Waals surface area contributed by atoms with Crippen molar-refractivity contribution in [1.29, 1.82) is 0 Å². The van der Waals surface area contributed by atoms with Crippen LogP contribution in [0.1, 0.15) is 26.2 Å². The highest BCUT2D eigenvalue weighted by atomic mass is 19.1. The van der Waals surface area contributed by atoms with Gasteiger partial charge in [-0.05, 0) is 38.6 Å². The van der Waals surface area contributed by atoms with Crippen LogP contribution in [0.15, 0.2) is 0 Å². The molecule has 0 radical (unpaired) electrons. The van der Waals surface area contributed by atoms with Crippen LogP contribution in [0.4, 0.5) is 4.39 Å². The highest BCUT2D eigenvalue weighted by Gasteiger charge is 2.46. The van der Waals surface area contributed by atoms with Crippen molar-refractivity contribution in [2.75, 3.05) is 13.1 Å². The van der Waals surface area contributed by atoms with Crippen LogP contribution in [-0.2, 0) is 0 Å². The predicted octanol–water partition coefficient (Wildman–Crippen LogP) is 1.83. The second kappa shape index (κ2) is 2.74. The van der Waals surface area contributed by atoms with Crippen molar-refractivity contribution in [3.63, 3.8) is 0 Å². The van der Waals surface area contributed by atoms with Gasteiger partial charge in [0.2, 0.25) is 0 Å². The second-order valence-electron chi connectivity index (χ2n) is 3.96. The Labute approximate surface area is 67.6 Å². The van der Waals surface area contributed by atoms with Crippen LogP contribution in [0.25, 0.3) is 0 Å². The van der Waals surface area contributed by atoms with Crippen LogP contribution in [0.2, 0.25) is 0 Å². The molecule has 2 fully saturated rings. The Hall–Kier alpha value is -0.110. The molecule has 0 N–H and O–H groups in total. The number of hydrogen-bond donors (Lipinski definition) is 0. The molecule has 3 unspecified atom stereocenters. The summed E-state index contributed by atoms with van der Waals surface area (Å²) in [5, 5.41) is 0. The molecular formula is C9H16FN. The molecule has 0 aromatic rings. The van der Waals surface area contributed by atoms with E-state index in [0.717, 1.165) is 24.9 Å². The lowest BCUT2D eigenvalue weighted by Gasteiger charge is -2.17. The van der Waals surface area contributed by atoms with Crippen LogP contribution in [0.3, 0.4) is 0 Å². The number of nitrogens with zero attached hydrogens (tertiary/aromatic N) is 1. The molecule has 1 aliphatic heterocycles. The largest absolute Gasteiger partial charge is 0.300 e. The van der Waals surface area contributed by atoms with Crippen molar-refractivity contribution < 1.29 is 4.39 Å². The number of rotatable bonds is 3. The smallest absolute Gasteiger partial charge is 0.0985 e. The Morgan fingerprint density at radius 2 is 2.45 bits per heavy atom. The number of fused-ring (bicyclic) bond motifs is 1. The van der Waals surface area contributed by atoms with Gasteiger partial charge in [0, 0.05) is 12.6 Å². The normalized spacial score (nSPS) is 38.7. The van der Waals surface area contributed by atoms with Crippen molar-refractivity contribution in [2.45, 2.75) is 38.4 Å². The fourth-order valence-corrected chi connectivity index (χ4v) is 2.11. The van der Waals surface area contributed by atoms with Gasteiger partial charge in [-0.25, -0.2) is 4.39 Å². The Kier molecular flexibility index (Phi) is 1.88. The molecule has 2 rings (SSSR count). The van der Waals surface area contributed by atoms with E-state index in [-0.39, 0.29) is 0 Å². The van der Waals surface area contributed by atoms with Gasteiger partial charge in [0.15, 0.2) is 0 Å². The number of halogens is 1. The summed E-state index contributed by atoms with van der Waals surface area (Å²) in [6.45, 7) is 3.86. The zero-order chi connectivity index (χ0) is 7.84. The first-order chi connectivity index (χ1) is 5.27. The fourth-order valence-electron chi connectivity index (χ4n) is 2.11. The average Bonchev–Trinajstić information content (AvgIpc) is 2.62. The van der Waals surface area contributed by atoms with Crippen molar-refractivity contribution in [3.8, 4) is 0 Å². The highest BCUT2D eigenvalue weighted by molar-refractivity contribution is 5.00. The molecule has 1 nitrogen and oxygen atoms in total. The minimum absolute atomic E-state index is 0.618. The van der Waals surface area contributed by atoms with E-state index in [9.17, 15) is 4.39 Å². The Morgan fingerprint density at radius 3 is 2.91 bits per heavy atom. The third-order valence-electron chi connectivity index (χ3n) is 2.96. The maximum Gasteiger partial charge on any atom is 0.0985 e. The van der Waals surface area contributed by atoms with Gasteiger partial charge in [-0.15, -0.1) is 0 Å².